The number of aryl methyl sites for hydroxylation is 2. The number of amides is 1. The summed E-state index contributed by atoms with van der Waals surface area (Å²) >= 11 is 0. The zero-order valence-electron chi connectivity index (χ0n) is 12.7. The molecule has 0 unspecified atom stereocenters. The minimum Gasteiger partial charge on any atom is -0.350 e. The lowest BCUT2D eigenvalue weighted by Gasteiger charge is -2.07. The number of carbonyl (C=O) groups excluding carboxylic acids is 1. The predicted molar refractivity (Wildman–Crippen MR) is 80.6 cm³/mol. The fourth-order valence-electron chi connectivity index (χ4n) is 2.28. The Hall–Kier alpha value is -2.17. The zero-order chi connectivity index (χ0) is 15.0. The van der Waals surface area contributed by atoms with Crippen LogP contribution in [-0.4, -0.2) is 27.4 Å². The van der Waals surface area contributed by atoms with Crippen molar-refractivity contribution < 1.29 is 4.79 Å². The van der Waals surface area contributed by atoms with Crippen LogP contribution in [0.1, 0.15) is 40.2 Å². The number of benzene rings is 1. The molecule has 0 bridgehead atoms. The molecule has 1 aromatic heterocycles. The van der Waals surface area contributed by atoms with E-state index in [0.29, 0.717) is 11.6 Å². The molecule has 1 saturated carbocycles. The largest absolute Gasteiger partial charge is 0.350 e. The van der Waals surface area contributed by atoms with Crippen molar-refractivity contribution in [1.29, 1.82) is 0 Å². The molecular formula is C16H20N4O. The van der Waals surface area contributed by atoms with Crippen LogP contribution in [-0.2, 0) is 0 Å². The summed E-state index contributed by atoms with van der Waals surface area (Å²) < 4.78 is 1.72. The second-order valence-electron chi connectivity index (χ2n) is 5.86. The van der Waals surface area contributed by atoms with Crippen molar-refractivity contribution in [1.82, 2.24) is 20.3 Å². The van der Waals surface area contributed by atoms with E-state index < -0.39 is 0 Å². The Morgan fingerprint density at radius 3 is 2.71 bits per heavy atom. The maximum Gasteiger partial charge on any atom is 0.273 e. The molecule has 0 aliphatic heterocycles. The normalized spacial score (nSPS) is 14.2. The van der Waals surface area contributed by atoms with Crippen LogP contribution in [0.5, 0.6) is 0 Å². The molecule has 0 radical (unpaired) electrons. The standard InChI is InChI=1S/C16H20N4O/c1-10-4-7-14(8-11(10)2)20-12(3)15(18-19-20)16(21)17-9-13-5-6-13/h4,7-8,13H,5-6,9H2,1-3H3,(H,17,21). The van der Waals surface area contributed by atoms with Gasteiger partial charge in [-0.1, -0.05) is 11.3 Å². The number of carbonyl (C=O) groups is 1. The van der Waals surface area contributed by atoms with Crippen molar-refractivity contribution in [3.63, 3.8) is 0 Å². The topological polar surface area (TPSA) is 59.8 Å². The van der Waals surface area contributed by atoms with Gasteiger partial charge in [-0.15, -0.1) is 5.10 Å². The molecular weight excluding hydrogens is 264 g/mol. The van der Waals surface area contributed by atoms with Crippen LogP contribution in [0.2, 0.25) is 0 Å². The van der Waals surface area contributed by atoms with Crippen LogP contribution in [0, 0.1) is 26.7 Å². The first-order valence-electron chi connectivity index (χ1n) is 7.34. The fraction of sp³-hybridized carbons (Fsp3) is 0.438. The summed E-state index contributed by atoms with van der Waals surface area (Å²) in [6.07, 6.45) is 2.43. The lowest BCUT2D eigenvalue weighted by Crippen LogP contribution is -2.26. The van der Waals surface area contributed by atoms with Gasteiger partial charge < -0.3 is 5.32 Å². The first-order chi connectivity index (χ1) is 10.1. The second-order valence-corrected chi connectivity index (χ2v) is 5.86. The lowest BCUT2D eigenvalue weighted by molar-refractivity contribution is 0.0946. The molecule has 1 N–H and O–H groups in total. The van der Waals surface area contributed by atoms with E-state index in [1.54, 1.807) is 4.68 Å². The van der Waals surface area contributed by atoms with E-state index in [1.807, 2.05) is 13.0 Å². The molecule has 0 atom stereocenters. The van der Waals surface area contributed by atoms with Crippen molar-refractivity contribution >= 4 is 5.91 Å². The quantitative estimate of drug-likeness (QED) is 0.937. The molecule has 1 aromatic carbocycles. The maximum atomic E-state index is 12.1. The Morgan fingerprint density at radius 2 is 2.05 bits per heavy atom. The molecule has 1 fully saturated rings. The molecule has 5 nitrogen and oxygen atoms in total. The molecule has 1 heterocycles. The van der Waals surface area contributed by atoms with Gasteiger partial charge in [-0.05, 0) is 62.8 Å². The molecule has 3 rings (SSSR count). The Morgan fingerprint density at radius 1 is 1.29 bits per heavy atom. The van der Waals surface area contributed by atoms with Gasteiger partial charge in [-0.25, -0.2) is 4.68 Å². The second kappa shape index (κ2) is 5.31. The number of aromatic nitrogens is 3. The summed E-state index contributed by atoms with van der Waals surface area (Å²) in [6, 6.07) is 6.11. The van der Waals surface area contributed by atoms with Crippen molar-refractivity contribution in [2.45, 2.75) is 33.6 Å². The van der Waals surface area contributed by atoms with Gasteiger partial charge in [0.2, 0.25) is 0 Å². The first kappa shape index (κ1) is 13.8. The van der Waals surface area contributed by atoms with Crippen LogP contribution < -0.4 is 5.32 Å². The van der Waals surface area contributed by atoms with E-state index in [4.69, 9.17) is 0 Å². The van der Waals surface area contributed by atoms with E-state index in [-0.39, 0.29) is 5.91 Å². The van der Waals surface area contributed by atoms with Gasteiger partial charge in [-0.3, -0.25) is 4.79 Å². The molecule has 21 heavy (non-hydrogen) atoms. The van der Waals surface area contributed by atoms with E-state index in [9.17, 15) is 4.79 Å². The summed E-state index contributed by atoms with van der Waals surface area (Å²) in [4.78, 5) is 12.1. The molecule has 5 heteroatoms. The van der Waals surface area contributed by atoms with Crippen LogP contribution in [0.4, 0.5) is 0 Å². The van der Waals surface area contributed by atoms with Crippen molar-refractivity contribution in [2.24, 2.45) is 5.92 Å². The van der Waals surface area contributed by atoms with Crippen LogP contribution in [0.3, 0.4) is 0 Å². The van der Waals surface area contributed by atoms with Gasteiger partial charge in [0.1, 0.15) is 0 Å². The van der Waals surface area contributed by atoms with Crippen molar-refractivity contribution in [3.05, 3.63) is 40.7 Å². The third kappa shape index (κ3) is 2.82. The number of hydrogen-bond donors (Lipinski definition) is 1. The highest BCUT2D eigenvalue weighted by Crippen LogP contribution is 2.27. The number of nitrogens with zero attached hydrogens (tertiary/aromatic N) is 3. The maximum absolute atomic E-state index is 12.1. The average molecular weight is 284 g/mol. The van der Waals surface area contributed by atoms with Crippen molar-refractivity contribution in [3.8, 4) is 5.69 Å². The first-order valence-corrected chi connectivity index (χ1v) is 7.34. The van der Waals surface area contributed by atoms with Crippen molar-refractivity contribution in [2.75, 3.05) is 6.54 Å². The van der Waals surface area contributed by atoms with E-state index in [2.05, 4.69) is 41.6 Å². The summed E-state index contributed by atoms with van der Waals surface area (Å²) in [6.45, 7) is 6.76. The van der Waals surface area contributed by atoms with Crippen LogP contribution in [0.25, 0.3) is 5.69 Å². The molecule has 2 aromatic rings. The monoisotopic (exact) mass is 284 g/mol. The molecule has 1 aliphatic carbocycles. The molecule has 0 spiro atoms. The summed E-state index contributed by atoms with van der Waals surface area (Å²) in [5.74, 6) is 0.526. The molecule has 1 amide bonds. The van der Waals surface area contributed by atoms with Gasteiger partial charge in [0, 0.05) is 6.54 Å². The Labute approximate surface area is 124 Å². The van der Waals surface area contributed by atoms with E-state index in [1.165, 1.54) is 24.0 Å². The van der Waals surface area contributed by atoms with Gasteiger partial charge in [0.05, 0.1) is 11.4 Å². The summed E-state index contributed by atoms with van der Waals surface area (Å²) in [5, 5.41) is 11.1. The van der Waals surface area contributed by atoms with Gasteiger partial charge >= 0.3 is 0 Å². The molecule has 110 valence electrons. The van der Waals surface area contributed by atoms with Gasteiger partial charge in [0.25, 0.3) is 5.91 Å². The van der Waals surface area contributed by atoms with Crippen LogP contribution >= 0.6 is 0 Å². The third-order valence-corrected chi connectivity index (χ3v) is 4.09. The minimum absolute atomic E-state index is 0.130. The number of nitrogens with one attached hydrogen (secondary N) is 1. The summed E-state index contributed by atoms with van der Waals surface area (Å²) in [7, 11) is 0. The molecule has 0 saturated heterocycles. The Balaban J connectivity index is 1.83. The number of hydrogen-bond acceptors (Lipinski definition) is 3. The average Bonchev–Trinajstić information content (AvgIpc) is 3.21. The fourth-order valence-corrected chi connectivity index (χ4v) is 2.28. The Kier molecular flexibility index (Phi) is 3.49. The smallest absolute Gasteiger partial charge is 0.273 e. The predicted octanol–water partition coefficient (Wildman–Crippen LogP) is 2.33. The molecule has 1 aliphatic rings. The van der Waals surface area contributed by atoms with E-state index in [0.717, 1.165) is 17.9 Å². The van der Waals surface area contributed by atoms with Crippen LogP contribution in [0.15, 0.2) is 18.2 Å². The van der Waals surface area contributed by atoms with Gasteiger partial charge in [-0.2, -0.15) is 0 Å². The Bertz CT molecular complexity index is 686. The third-order valence-electron chi connectivity index (χ3n) is 4.09. The highest BCUT2D eigenvalue weighted by atomic mass is 16.2. The van der Waals surface area contributed by atoms with Gasteiger partial charge in [0.15, 0.2) is 5.69 Å². The zero-order valence-corrected chi connectivity index (χ0v) is 12.7. The highest BCUT2D eigenvalue weighted by Gasteiger charge is 2.23. The SMILES string of the molecule is Cc1ccc(-n2nnc(C(=O)NCC3CC3)c2C)cc1C. The highest BCUT2D eigenvalue weighted by molar-refractivity contribution is 5.93. The lowest BCUT2D eigenvalue weighted by atomic mass is 10.1. The minimum atomic E-state index is -0.130. The summed E-state index contributed by atoms with van der Waals surface area (Å²) in [5.41, 5.74) is 4.55. The van der Waals surface area contributed by atoms with E-state index >= 15 is 0 Å². The number of rotatable bonds is 4.